The molecule has 0 aliphatic carbocycles. The molecular formula is C16H31NO2. The van der Waals surface area contributed by atoms with Crippen LogP contribution in [0, 0.1) is 0 Å². The predicted octanol–water partition coefficient (Wildman–Crippen LogP) is 2.74. The first-order valence-electron chi connectivity index (χ1n) is 7.18. The largest absolute Gasteiger partial charge is 0.392 e. The lowest BCUT2D eigenvalue weighted by molar-refractivity contribution is 0.0905. The minimum Gasteiger partial charge on any atom is -0.392 e. The van der Waals surface area contributed by atoms with Crippen molar-refractivity contribution >= 4 is 0 Å². The van der Waals surface area contributed by atoms with E-state index in [0.717, 1.165) is 19.4 Å². The zero-order chi connectivity index (χ0) is 14.8. The first-order chi connectivity index (χ1) is 8.81. The normalized spacial score (nSPS) is 15.5. The van der Waals surface area contributed by atoms with Crippen LogP contribution >= 0.6 is 0 Å². The highest BCUT2D eigenvalue weighted by Gasteiger charge is 2.09. The van der Waals surface area contributed by atoms with Crippen molar-refractivity contribution < 1.29 is 10.2 Å². The third-order valence-corrected chi connectivity index (χ3v) is 2.83. The molecule has 0 aromatic heterocycles. The Morgan fingerprint density at radius 1 is 1.00 bits per heavy atom. The van der Waals surface area contributed by atoms with Crippen molar-refractivity contribution in [3.05, 3.63) is 23.3 Å². The molecule has 0 bridgehead atoms. The SMILES string of the molecule is CC(C)=CCC/C(C)=C/CN(C[C@H](C)O)C[C@H](C)O. The number of aliphatic hydroxyl groups excluding tert-OH is 2. The molecule has 0 aromatic rings. The Labute approximate surface area is 118 Å². The maximum Gasteiger partial charge on any atom is 0.0639 e. The monoisotopic (exact) mass is 269 g/mol. The van der Waals surface area contributed by atoms with E-state index < -0.39 is 0 Å². The van der Waals surface area contributed by atoms with Crippen LogP contribution < -0.4 is 0 Å². The molecule has 3 nitrogen and oxygen atoms in total. The Morgan fingerprint density at radius 3 is 1.95 bits per heavy atom. The Hall–Kier alpha value is -0.640. The molecule has 0 aromatic carbocycles. The summed E-state index contributed by atoms with van der Waals surface area (Å²) in [7, 11) is 0. The molecule has 0 heterocycles. The van der Waals surface area contributed by atoms with Crippen molar-refractivity contribution in [2.24, 2.45) is 0 Å². The van der Waals surface area contributed by atoms with Gasteiger partial charge in [0.1, 0.15) is 0 Å². The van der Waals surface area contributed by atoms with Gasteiger partial charge in [0.2, 0.25) is 0 Å². The molecule has 0 spiro atoms. The van der Waals surface area contributed by atoms with E-state index in [1.807, 2.05) is 0 Å². The first-order valence-corrected chi connectivity index (χ1v) is 7.18. The molecule has 3 heteroatoms. The van der Waals surface area contributed by atoms with E-state index in [9.17, 15) is 10.2 Å². The molecule has 0 aliphatic rings. The number of hydrogen-bond donors (Lipinski definition) is 2. The molecule has 0 saturated heterocycles. The number of aliphatic hydroxyl groups is 2. The number of rotatable bonds is 9. The Bertz CT molecular complexity index is 279. The van der Waals surface area contributed by atoms with E-state index in [-0.39, 0.29) is 12.2 Å². The van der Waals surface area contributed by atoms with Crippen LogP contribution in [0.1, 0.15) is 47.5 Å². The minimum absolute atomic E-state index is 0.363. The van der Waals surface area contributed by atoms with Crippen molar-refractivity contribution in [2.45, 2.75) is 59.7 Å². The molecule has 112 valence electrons. The minimum atomic E-state index is -0.363. The van der Waals surface area contributed by atoms with Gasteiger partial charge in [0.15, 0.2) is 0 Å². The van der Waals surface area contributed by atoms with E-state index in [1.165, 1.54) is 11.1 Å². The Balaban J connectivity index is 4.22. The lowest BCUT2D eigenvalue weighted by Gasteiger charge is -2.23. The van der Waals surface area contributed by atoms with E-state index in [2.05, 4.69) is 37.8 Å². The summed E-state index contributed by atoms with van der Waals surface area (Å²) >= 11 is 0. The summed E-state index contributed by atoms with van der Waals surface area (Å²) in [5, 5.41) is 18.9. The highest BCUT2D eigenvalue weighted by atomic mass is 16.3. The van der Waals surface area contributed by atoms with Gasteiger partial charge >= 0.3 is 0 Å². The zero-order valence-corrected chi connectivity index (χ0v) is 13.2. The fourth-order valence-electron chi connectivity index (χ4n) is 1.95. The molecule has 0 saturated carbocycles. The smallest absolute Gasteiger partial charge is 0.0639 e. The van der Waals surface area contributed by atoms with E-state index in [0.29, 0.717) is 13.1 Å². The van der Waals surface area contributed by atoms with Gasteiger partial charge in [-0.3, -0.25) is 4.90 Å². The van der Waals surface area contributed by atoms with Crippen LogP contribution in [0.2, 0.25) is 0 Å². The fraction of sp³-hybridized carbons (Fsp3) is 0.750. The van der Waals surface area contributed by atoms with Gasteiger partial charge in [0.25, 0.3) is 0 Å². The molecule has 0 aliphatic heterocycles. The van der Waals surface area contributed by atoms with Crippen molar-refractivity contribution in [1.29, 1.82) is 0 Å². The zero-order valence-electron chi connectivity index (χ0n) is 13.2. The van der Waals surface area contributed by atoms with Crippen LogP contribution in [0.15, 0.2) is 23.3 Å². The Kier molecular flexibility index (Phi) is 9.84. The Morgan fingerprint density at radius 2 is 1.53 bits per heavy atom. The second-order valence-electron chi connectivity index (χ2n) is 5.79. The van der Waals surface area contributed by atoms with Gasteiger partial charge in [0, 0.05) is 19.6 Å². The molecular weight excluding hydrogens is 238 g/mol. The quantitative estimate of drug-likeness (QED) is 0.633. The first kappa shape index (κ1) is 18.4. The van der Waals surface area contributed by atoms with Crippen LogP contribution in [0.5, 0.6) is 0 Å². The summed E-state index contributed by atoms with van der Waals surface area (Å²) in [5.41, 5.74) is 2.72. The molecule has 0 radical (unpaired) electrons. The third kappa shape index (κ3) is 12.2. The van der Waals surface area contributed by atoms with Crippen molar-refractivity contribution in [1.82, 2.24) is 4.90 Å². The molecule has 2 atom stereocenters. The molecule has 2 N–H and O–H groups in total. The molecule has 19 heavy (non-hydrogen) atoms. The van der Waals surface area contributed by atoms with Crippen molar-refractivity contribution in [3.63, 3.8) is 0 Å². The summed E-state index contributed by atoms with van der Waals surface area (Å²) < 4.78 is 0. The van der Waals surface area contributed by atoms with E-state index in [4.69, 9.17) is 0 Å². The second-order valence-corrected chi connectivity index (χ2v) is 5.79. The summed E-state index contributed by atoms with van der Waals surface area (Å²) in [5.74, 6) is 0. The average molecular weight is 269 g/mol. The fourth-order valence-corrected chi connectivity index (χ4v) is 1.95. The molecule has 0 rings (SSSR count). The van der Waals surface area contributed by atoms with Crippen LogP contribution in [0.3, 0.4) is 0 Å². The lowest BCUT2D eigenvalue weighted by Crippen LogP contribution is -2.36. The maximum absolute atomic E-state index is 9.45. The summed E-state index contributed by atoms with van der Waals surface area (Å²) in [6.07, 6.45) is 5.88. The van der Waals surface area contributed by atoms with Gasteiger partial charge in [-0.25, -0.2) is 0 Å². The summed E-state index contributed by atoms with van der Waals surface area (Å²) in [6.45, 7) is 11.9. The number of hydrogen-bond acceptors (Lipinski definition) is 3. The van der Waals surface area contributed by atoms with E-state index in [1.54, 1.807) is 13.8 Å². The summed E-state index contributed by atoms with van der Waals surface area (Å²) in [4.78, 5) is 2.08. The molecule has 0 amide bonds. The van der Waals surface area contributed by atoms with Gasteiger partial charge in [-0.05, 0) is 47.5 Å². The number of nitrogens with zero attached hydrogens (tertiary/aromatic N) is 1. The third-order valence-electron chi connectivity index (χ3n) is 2.83. The summed E-state index contributed by atoms with van der Waals surface area (Å²) in [6, 6.07) is 0. The van der Waals surface area contributed by atoms with Gasteiger partial charge in [-0.1, -0.05) is 23.3 Å². The second kappa shape index (κ2) is 10.2. The van der Waals surface area contributed by atoms with Crippen molar-refractivity contribution in [2.75, 3.05) is 19.6 Å². The average Bonchev–Trinajstić information content (AvgIpc) is 2.23. The van der Waals surface area contributed by atoms with Gasteiger partial charge < -0.3 is 10.2 Å². The predicted molar refractivity (Wildman–Crippen MR) is 82.2 cm³/mol. The van der Waals surface area contributed by atoms with E-state index >= 15 is 0 Å². The number of allylic oxidation sites excluding steroid dienone is 3. The maximum atomic E-state index is 9.45. The standard InChI is InChI=1S/C16H31NO2/c1-13(2)7-6-8-14(3)9-10-17(11-15(4)18)12-16(5)19/h7,9,15-16,18-19H,6,8,10-12H2,1-5H3/b14-9+/t15-,16-/m0/s1. The lowest BCUT2D eigenvalue weighted by atomic mass is 10.1. The van der Waals surface area contributed by atoms with Gasteiger partial charge in [-0.15, -0.1) is 0 Å². The molecule has 0 fully saturated rings. The van der Waals surface area contributed by atoms with Gasteiger partial charge in [0.05, 0.1) is 12.2 Å². The highest BCUT2D eigenvalue weighted by molar-refractivity contribution is 5.03. The van der Waals surface area contributed by atoms with Crippen LogP contribution in [-0.2, 0) is 0 Å². The topological polar surface area (TPSA) is 43.7 Å². The van der Waals surface area contributed by atoms with Crippen molar-refractivity contribution in [3.8, 4) is 0 Å². The van der Waals surface area contributed by atoms with Crippen LogP contribution in [0.4, 0.5) is 0 Å². The highest BCUT2D eigenvalue weighted by Crippen LogP contribution is 2.07. The van der Waals surface area contributed by atoms with Gasteiger partial charge in [-0.2, -0.15) is 0 Å². The molecule has 0 unspecified atom stereocenters. The van der Waals surface area contributed by atoms with Crippen LogP contribution in [-0.4, -0.2) is 47.0 Å². The van der Waals surface area contributed by atoms with Crippen LogP contribution in [0.25, 0.3) is 0 Å².